The molecular weight excluding hydrogens is 264 g/mol. The largest absolute Gasteiger partial charge is 0.463 e. The average molecular weight is 278 g/mol. The highest BCUT2D eigenvalue weighted by molar-refractivity contribution is 6.01. The van der Waals surface area contributed by atoms with Crippen LogP contribution < -0.4 is 0 Å². The van der Waals surface area contributed by atoms with E-state index in [2.05, 4.69) is 27.8 Å². The van der Waals surface area contributed by atoms with Crippen LogP contribution in [0.2, 0.25) is 0 Å². The molecule has 0 aromatic heterocycles. The summed E-state index contributed by atoms with van der Waals surface area (Å²) in [4.78, 5) is 16.5. The van der Waals surface area contributed by atoms with E-state index in [0.29, 0.717) is 18.7 Å². The van der Waals surface area contributed by atoms with Crippen molar-refractivity contribution in [3.63, 3.8) is 0 Å². The fourth-order valence-electron chi connectivity index (χ4n) is 2.91. The van der Waals surface area contributed by atoms with Gasteiger partial charge in [-0.3, -0.25) is 4.98 Å². The summed E-state index contributed by atoms with van der Waals surface area (Å²) >= 11 is 0. The second-order valence-electron chi connectivity index (χ2n) is 5.12. The molecule has 104 valence electrons. The van der Waals surface area contributed by atoms with Crippen LogP contribution in [0.5, 0.6) is 0 Å². The molecule has 4 rings (SSSR count). The first-order valence-corrected chi connectivity index (χ1v) is 7.02. The zero-order valence-corrected chi connectivity index (χ0v) is 11.7. The Morgan fingerprint density at radius 1 is 1.38 bits per heavy atom. The number of aromatic nitrogens is 2. The summed E-state index contributed by atoms with van der Waals surface area (Å²) in [5.74, 6) is -0.245. The topological polar surface area (TPSA) is 44.1 Å². The predicted molar refractivity (Wildman–Crippen MR) is 81.0 cm³/mol. The predicted octanol–water partition coefficient (Wildman–Crippen LogP) is 3.10. The number of rotatable bonds is 2. The van der Waals surface area contributed by atoms with Crippen LogP contribution in [-0.2, 0) is 16.1 Å². The van der Waals surface area contributed by atoms with Gasteiger partial charge >= 0.3 is 5.97 Å². The lowest BCUT2D eigenvalue weighted by Gasteiger charge is -2.11. The quantitative estimate of drug-likeness (QED) is 0.677. The Morgan fingerprint density at radius 2 is 2.24 bits per heavy atom. The summed E-state index contributed by atoms with van der Waals surface area (Å²) in [6.45, 7) is 2.76. The Bertz CT molecular complexity index is 860. The van der Waals surface area contributed by atoms with Gasteiger partial charge in [-0.1, -0.05) is 24.3 Å². The van der Waals surface area contributed by atoms with Crippen molar-refractivity contribution in [3.05, 3.63) is 47.8 Å². The first-order chi connectivity index (χ1) is 10.3. The lowest BCUT2D eigenvalue weighted by atomic mass is 10.2. The van der Waals surface area contributed by atoms with Crippen LogP contribution in [0.1, 0.15) is 12.6 Å². The van der Waals surface area contributed by atoms with Gasteiger partial charge in [0.25, 0.3) is 0 Å². The fraction of sp³-hybridized carbons (Fsp3) is 0.176. The van der Waals surface area contributed by atoms with Crippen molar-refractivity contribution in [2.75, 3.05) is 6.61 Å². The molecule has 21 heavy (non-hydrogen) atoms. The summed E-state index contributed by atoms with van der Waals surface area (Å²) in [6, 6.07) is 10.3. The van der Waals surface area contributed by atoms with Crippen LogP contribution in [0.3, 0.4) is 0 Å². The monoisotopic (exact) mass is 278 g/mol. The Labute approximate surface area is 122 Å². The van der Waals surface area contributed by atoms with E-state index in [1.807, 2.05) is 31.3 Å². The van der Waals surface area contributed by atoms with Crippen LogP contribution >= 0.6 is 0 Å². The minimum atomic E-state index is -0.245. The molecule has 0 N–H and O–H groups in total. The van der Waals surface area contributed by atoms with E-state index in [-0.39, 0.29) is 5.97 Å². The molecule has 4 nitrogen and oxygen atoms in total. The van der Waals surface area contributed by atoms with Crippen molar-refractivity contribution in [3.8, 4) is 11.4 Å². The molecule has 0 unspecified atom stereocenters. The molecule has 0 amide bonds. The number of carbonyl (C=O) groups excluding carboxylic acids is 1. The Balaban J connectivity index is 1.84. The highest BCUT2D eigenvalue weighted by Gasteiger charge is 2.24. The van der Waals surface area contributed by atoms with Crippen molar-refractivity contribution in [2.45, 2.75) is 13.5 Å². The number of nitrogens with zero attached hydrogens (tertiary/aromatic N) is 2. The number of benzene rings is 1. The maximum Gasteiger partial charge on any atom is 0.335 e. The summed E-state index contributed by atoms with van der Waals surface area (Å²) in [5.41, 5.74) is 3.66. The first kappa shape index (κ1) is 12.1. The zero-order chi connectivity index (χ0) is 14.4. The van der Waals surface area contributed by atoms with Crippen LogP contribution in [0.4, 0.5) is 0 Å². The molecule has 0 fully saturated rings. The second-order valence-corrected chi connectivity index (χ2v) is 5.12. The minimum absolute atomic E-state index is 0.245. The number of hydrogen-bond donors (Lipinski definition) is 0. The van der Waals surface area contributed by atoms with Gasteiger partial charge in [0.1, 0.15) is 0 Å². The molecule has 0 saturated carbocycles. The minimum Gasteiger partial charge on any atom is -0.463 e. The van der Waals surface area contributed by atoms with Crippen molar-refractivity contribution < 1.29 is 9.53 Å². The molecule has 3 aliphatic rings. The van der Waals surface area contributed by atoms with E-state index >= 15 is 0 Å². The zero-order valence-electron chi connectivity index (χ0n) is 11.7. The van der Waals surface area contributed by atoms with E-state index < -0.39 is 0 Å². The van der Waals surface area contributed by atoms with Crippen LogP contribution in [0, 0.1) is 0 Å². The maximum absolute atomic E-state index is 11.9. The van der Waals surface area contributed by atoms with E-state index in [4.69, 9.17) is 4.74 Å². The lowest BCUT2D eigenvalue weighted by molar-refractivity contribution is -0.138. The standard InChI is InChI=1S/C17H14N2O2/c1-2-21-17(20)12-7-13-9-18-16-14-6-4-3-5-11(14)8-15(16)19(13)10-12/h3-9H,2,10H2,1H3. The third-order valence-electron chi connectivity index (χ3n) is 3.87. The van der Waals surface area contributed by atoms with Gasteiger partial charge in [-0.25, -0.2) is 4.79 Å². The molecule has 0 spiro atoms. The normalized spacial score (nSPS) is 13.5. The van der Waals surface area contributed by atoms with Crippen LogP contribution in [0.25, 0.3) is 28.2 Å². The van der Waals surface area contributed by atoms with Gasteiger partial charge in [0.15, 0.2) is 0 Å². The molecule has 1 aromatic rings. The van der Waals surface area contributed by atoms with Crippen molar-refractivity contribution in [1.29, 1.82) is 0 Å². The second kappa shape index (κ2) is 4.45. The van der Waals surface area contributed by atoms with Gasteiger partial charge in [0.05, 0.1) is 42.0 Å². The molecule has 1 aliphatic carbocycles. The average Bonchev–Trinajstić information content (AvgIpc) is 3.08. The third kappa shape index (κ3) is 1.76. The van der Waals surface area contributed by atoms with Gasteiger partial charge in [0, 0.05) is 5.39 Å². The summed E-state index contributed by atoms with van der Waals surface area (Å²) in [5, 5.41) is 2.32. The highest BCUT2D eigenvalue weighted by atomic mass is 16.5. The smallest absolute Gasteiger partial charge is 0.335 e. The van der Waals surface area contributed by atoms with Crippen molar-refractivity contribution in [2.24, 2.45) is 0 Å². The Morgan fingerprint density at radius 3 is 3.10 bits per heavy atom. The van der Waals surface area contributed by atoms with Crippen molar-refractivity contribution in [1.82, 2.24) is 9.55 Å². The van der Waals surface area contributed by atoms with Gasteiger partial charge < -0.3 is 9.30 Å². The fourth-order valence-corrected chi connectivity index (χ4v) is 2.91. The molecule has 1 aromatic carbocycles. The molecular formula is C17H14N2O2. The molecule has 0 saturated heterocycles. The highest BCUT2D eigenvalue weighted by Crippen LogP contribution is 2.35. The molecule has 0 bridgehead atoms. The number of hydrogen-bond acceptors (Lipinski definition) is 3. The Hall–Kier alpha value is -2.62. The summed E-state index contributed by atoms with van der Waals surface area (Å²) in [6.07, 6.45) is 3.68. The van der Waals surface area contributed by atoms with E-state index in [1.54, 1.807) is 0 Å². The molecule has 2 aliphatic heterocycles. The van der Waals surface area contributed by atoms with E-state index in [1.165, 1.54) is 5.39 Å². The van der Waals surface area contributed by atoms with Gasteiger partial charge in [-0.2, -0.15) is 0 Å². The summed E-state index contributed by atoms with van der Waals surface area (Å²) < 4.78 is 7.21. The lowest BCUT2D eigenvalue weighted by Crippen LogP contribution is -2.11. The van der Waals surface area contributed by atoms with E-state index in [0.717, 1.165) is 22.5 Å². The number of fused-ring (bicyclic) bond motifs is 5. The SMILES string of the molecule is CCOC(=O)C1=Cc2cnc3c4ccccc4cc-3n2C1. The van der Waals surface area contributed by atoms with E-state index in [9.17, 15) is 4.79 Å². The first-order valence-electron chi connectivity index (χ1n) is 7.02. The summed E-state index contributed by atoms with van der Waals surface area (Å²) in [7, 11) is 0. The van der Waals surface area contributed by atoms with Crippen molar-refractivity contribution >= 4 is 22.8 Å². The number of carbonyl (C=O) groups is 1. The third-order valence-corrected chi connectivity index (χ3v) is 3.87. The van der Waals surface area contributed by atoms with Gasteiger partial charge in [-0.15, -0.1) is 0 Å². The van der Waals surface area contributed by atoms with Gasteiger partial charge in [-0.05, 0) is 24.5 Å². The van der Waals surface area contributed by atoms with Crippen LogP contribution in [-0.4, -0.2) is 22.1 Å². The molecule has 4 heteroatoms. The Kier molecular flexibility index (Phi) is 2.57. The molecule has 0 atom stereocenters. The maximum atomic E-state index is 11.9. The number of ether oxygens (including phenoxy) is 1. The van der Waals surface area contributed by atoms with Crippen LogP contribution in [0.15, 0.2) is 42.1 Å². The number of esters is 1. The molecule has 2 heterocycles. The molecule has 0 radical (unpaired) electrons. The van der Waals surface area contributed by atoms with Gasteiger partial charge in [0.2, 0.25) is 0 Å².